The molecule has 0 aliphatic heterocycles. The topological polar surface area (TPSA) is 25.8 Å². The van der Waals surface area contributed by atoms with Crippen molar-refractivity contribution in [2.75, 3.05) is 0 Å². The van der Waals surface area contributed by atoms with Gasteiger partial charge in [0.1, 0.15) is 0 Å². The summed E-state index contributed by atoms with van der Waals surface area (Å²) in [7, 11) is 0. The third-order valence-corrected chi connectivity index (χ3v) is 1.67. The molecule has 2 aromatic heterocycles. The van der Waals surface area contributed by atoms with Crippen molar-refractivity contribution in [3.63, 3.8) is 0 Å². The van der Waals surface area contributed by atoms with Gasteiger partial charge in [-0.2, -0.15) is 0 Å². The summed E-state index contributed by atoms with van der Waals surface area (Å²) in [6.07, 6.45) is 6.94. The summed E-state index contributed by atoms with van der Waals surface area (Å²) in [6.45, 7) is 0. The first-order valence-electron chi connectivity index (χ1n) is 4.27. The molecule has 0 bridgehead atoms. The molecule has 0 fully saturated rings. The average Bonchev–Trinajstić information content (AvgIpc) is 2.29. The van der Waals surface area contributed by atoms with Gasteiger partial charge >= 0.3 is 0 Å². The van der Waals surface area contributed by atoms with Crippen molar-refractivity contribution in [3.05, 3.63) is 60.2 Å². The normalized spacial score (nSPS) is 8.86. The molecule has 0 saturated carbocycles. The molecule has 2 heterocycles. The zero-order valence-electron chi connectivity index (χ0n) is 7.51. The highest BCUT2D eigenvalue weighted by Crippen LogP contribution is 1.95. The Bertz CT molecular complexity index is 408. The molecule has 0 amide bonds. The quantitative estimate of drug-likeness (QED) is 0.578. The molecule has 0 spiro atoms. The minimum Gasteiger partial charge on any atom is -0.263 e. The van der Waals surface area contributed by atoms with Crippen molar-refractivity contribution in [1.82, 2.24) is 9.97 Å². The summed E-state index contributed by atoms with van der Waals surface area (Å²) in [4.78, 5) is 7.96. The fraction of sp³-hybridized carbons (Fsp3) is 0. The second-order valence-electron chi connectivity index (χ2n) is 2.73. The Labute approximate surface area is 82.7 Å². The van der Waals surface area contributed by atoms with Crippen LogP contribution in [0.5, 0.6) is 0 Å². The Morgan fingerprint density at radius 3 is 1.64 bits per heavy atom. The molecule has 2 aromatic rings. The number of nitrogens with zero attached hydrogens (tertiary/aromatic N) is 2. The van der Waals surface area contributed by atoms with E-state index in [9.17, 15) is 0 Å². The molecule has 14 heavy (non-hydrogen) atoms. The van der Waals surface area contributed by atoms with E-state index in [2.05, 4.69) is 21.8 Å². The zero-order chi connectivity index (χ0) is 9.64. The molecule has 2 rings (SSSR count). The predicted molar refractivity (Wildman–Crippen MR) is 54.5 cm³/mol. The lowest BCUT2D eigenvalue weighted by Gasteiger charge is -1.87. The van der Waals surface area contributed by atoms with E-state index in [0.717, 1.165) is 11.1 Å². The lowest BCUT2D eigenvalue weighted by Crippen LogP contribution is -1.77. The largest absolute Gasteiger partial charge is 0.263 e. The van der Waals surface area contributed by atoms with E-state index in [1.807, 2.05) is 24.3 Å². The number of hydrogen-bond donors (Lipinski definition) is 0. The van der Waals surface area contributed by atoms with Gasteiger partial charge < -0.3 is 0 Å². The first-order chi connectivity index (χ1) is 6.95. The van der Waals surface area contributed by atoms with Crippen molar-refractivity contribution < 1.29 is 0 Å². The first-order valence-corrected chi connectivity index (χ1v) is 4.27. The summed E-state index contributed by atoms with van der Waals surface area (Å²) < 4.78 is 0. The molecule has 0 aliphatic carbocycles. The molecule has 2 nitrogen and oxygen atoms in total. The smallest absolute Gasteiger partial charge is 0.0432 e. The highest BCUT2D eigenvalue weighted by Gasteiger charge is 1.84. The fourth-order valence-corrected chi connectivity index (χ4v) is 1.02. The Balaban J connectivity index is 2.24. The first kappa shape index (κ1) is 8.46. The summed E-state index contributed by atoms with van der Waals surface area (Å²) in [5.41, 5.74) is 1.83. The van der Waals surface area contributed by atoms with Gasteiger partial charge in [0.2, 0.25) is 0 Å². The van der Waals surface area contributed by atoms with E-state index in [4.69, 9.17) is 0 Å². The van der Waals surface area contributed by atoms with Gasteiger partial charge in [0.25, 0.3) is 0 Å². The van der Waals surface area contributed by atoms with E-state index in [-0.39, 0.29) is 0 Å². The molecular weight excluding hydrogens is 172 g/mol. The van der Waals surface area contributed by atoms with Crippen molar-refractivity contribution in [2.24, 2.45) is 0 Å². The highest BCUT2D eigenvalue weighted by molar-refractivity contribution is 5.40. The van der Waals surface area contributed by atoms with Gasteiger partial charge in [-0.1, -0.05) is 11.8 Å². The molecule has 0 aromatic carbocycles. The molecule has 0 unspecified atom stereocenters. The molecule has 0 N–H and O–H groups in total. The third-order valence-electron chi connectivity index (χ3n) is 1.67. The van der Waals surface area contributed by atoms with Crippen molar-refractivity contribution in [1.29, 1.82) is 0 Å². The van der Waals surface area contributed by atoms with Gasteiger partial charge in [-0.3, -0.25) is 9.97 Å². The van der Waals surface area contributed by atoms with Crippen LogP contribution in [0, 0.1) is 11.8 Å². The second kappa shape index (κ2) is 4.20. The highest BCUT2D eigenvalue weighted by atomic mass is 14.6. The van der Waals surface area contributed by atoms with Gasteiger partial charge in [-0.05, 0) is 24.3 Å². The Morgan fingerprint density at radius 1 is 0.786 bits per heavy atom. The Morgan fingerprint density at radius 2 is 1.29 bits per heavy atom. The van der Waals surface area contributed by atoms with Crippen molar-refractivity contribution in [2.45, 2.75) is 0 Å². The van der Waals surface area contributed by atoms with Crippen LogP contribution in [0.4, 0.5) is 0 Å². The maximum absolute atomic E-state index is 3.98. The number of pyridine rings is 2. The Hall–Kier alpha value is -2.14. The maximum atomic E-state index is 3.98. The van der Waals surface area contributed by atoms with Gasteiger partial charge in [-0.25, -0.2) is 0 Å². The van der Waals surface area contributed by atoms with Crippen LogP contribution >= 0.6 is 0 Å². The lowest BCUT2D eigenvalue weighted by molar-refractivity contribution is 1.31. The fourth-order valence-electron chi connectivity index (χ4n) is 1.02. The van der Waals surface area contributed by atoms with Gasteiger partial charge in [0, 0.05) is 35.9 Å². The van der Waals surface area contributed by atoms with E-state index in [1.165, 1.54) is 0 Å². The third kappa shape index (κ3) is 2.18. The minimum absolute atomic E-state index is 0.913. The van der Waals surface area contributed by atoms with Crippen LogP contribution in [0.15, 0.2) is 49.1 Å². The molecule has 2 heteroatoms. The average molecular weight is 180 g/mol. The second-order valence-corrected chi connectivity index (χ2v) is 2.73. The Kier molecular flexibility index (Phi) is 2.54. The molecule has 0 aliphatic rings. The van der Waals surface area contributed by atoms with Crippen LogP contribution in [0.25, 0.3) is 0 Å². The number of aromatic nitrogens is 2. The van der Waals surface area contributed by atoms with E-state index in [1.54, 1.807) is 24.8 Å². The van der Waals surface area contributed by atoms with Crippen LogP contribution in [0.1, 0.15) is 11.1 Å². The minimum atomic E-state index is 0.913. The summed E-state index contributed by atoms with van der Waals surface area (Å²) in [5.74, 6) is 6.02. The zero-order valence-corrected chi connectivity index (χ0v) is 7.51. The molecule has 0 radical (unpaired) electrons. The van der Waals surface area contributed by atoms with Crippen LogP contribution in [0.2, 0.25) is 0 Å². The predicted octanol–water partition coefficient (Wildman–Crippen LogP) is 1.88. The standard InChI is InChI=1S/C12H8N2/c1-3-11(9-13-7-1)5-6-12-4-2-8-14-10-12/h1-4,7-10H. The number of hydrogen-bond acceptors (Lipinski definition) is 2. The molecule has 0 atom stereocenters. The van der Waals surface area contributed by atoms with E-state index >= 15 is 0 Å². The van der Waals surface area contributed by atoms with E-state index < -0.39 is 0 Å². The maximum Gasteiger partial charge on any atom is 0.0432 e. The van der Waals surface area contributed by atoms with Crippen LogP contribution < -0.4 is 0 Å². The summed E-state index contributed by atoms with van der Waals surface area (Å²) in [6, 6.07) is 7.59. The molecule has 0 saturated heterocycles. The van der Waals surface area contributed by atoms with Crippen LogP contribution in [-0.2, 0) is 0 Å². The van der Waals surface area contributed by atoms with Crippen molar-refractivity contribution in [3.8, 4) is 11.8 Å². The SMILES string of the molecule is C(#Cc1cccnc1)c1cccnc1. The van der Waals surface area contributed by atoms with Crippen LogP contribution in [0.3, 0.4) is 0 Å². The van der Waals surface area contributed by atoms with E-state index in [0.29, 0.717) is 0 Å². The summed E-state index contributed by atoms with van der Waals surface area (Å²) >= 11 is 0. The van der Waals surface area contributed by atoms with Crippen LogP contribution in [-0.4, -0.2) is 9.97 Å². The molecule has 66 valence electrons. The molecular formula is C12H8N2. The van der Waals surface area contributed by atoms with Gasteiger partial charge in [-0.15, -0.1) is 0 Å². The lowest BCUT2D eigenvalue weighted by atomic mass is 10.2. The summed E-state index contributed by atoms with van der Waals surface area (Å²) in [5, 5.41) is 0. The van der Waals surface area contributed by atoms with Gasteiger partial charge in [0.05, 0.1) is 0 Å². The van der Waals surface area contributed by atoms with Crippen molar-refractivity contribution >= 4 is 0 Å². The van der Waals surface area contributed by atoms with Gasteiger partial charge in [0.15, 0.2) is 0 Å². The number of rotatable bonds is 0. The monoisotopic (exact) mass is 180 g/mol.